The molecule has 0 radical (unpaired) electrons. The van der Waals surface area contributed by atoms with Crippen molar-refractivity contribution in [3.05, 3.63) is 99.5 Å². The highest BCUT2D eigenvalue weighted by molar-refractivity contribution is 7.10. The maximum absolute atomic E-state index is 13.4. The van der Waals surface area contributed by atoms with Gasteiger partial charge in [-0.1, -0.05) is 42.5 Å². The van der Waals surface area contributed by atoms with E-state index in [1.165, 1.54) is 0 Å². The summed E-state index contributed by atoms with van der Waals surface area (Å²) in [4.78, 5) is 35.4. The second-order valence-electron chi connectivity index (χ2n) is 8.26. The van der Waals surface area contributed by atoms with E-state index in [1.54, 1.807) is 17.5 Å². The molecule has 0 saturated carbocycles. The van der Waals surface area contributed by atoms with Crippen LogP contribution in [0.5, 0.6) is 0 Å². The minimum Gasteiger partial charge on any atom is -0.454 e. The molecular weight excluding hydrogens is 444 g/mol. The largest absolute Gasteiger partial charge is 0.454 e. The quantitative estimate of drug-likeness (QED) is 0.245. The summed E-state index contributed by atoms with van der Waals surface area (Å²) in [7, 11) is 0. The van der Waals surface area contributed by atoms with Crippen LogP contribution < -0.4 is 0 Å². The summed E-state index contributed by atoms with van der Waals surface area (Å²) in [5, 5.41) is 3.62. The Labute approximate surface area is 199 Å². The molecule has 0 saturated heterocycles. The van der Waals surface area contributed by atoms with E-state index in [2.05, 4.69) is 17.1 Å². The number of hydrogen-bond donors (Lipinski definition) is 1. The fourth-order valence-electron chi connectivity index (χ4n) is 4.64. The maximum atomic E-state index is 13.4. The fourth-order valence-corrected chi connectivity index (χ4v) is 5.32. The summed E-state index contributed by atoms with van der Waals surface area (Å²) in [6.45, 7) is -0.315. The second-order valence-corrected chi connectivity index (χ2v) is 9.24. The SMILES string of the molecule is O=C(OCC(=O)c1c[nH]c2ccccc12)c1c2c(nc3ccccc13)/C(=C\c1cccs1)CC2. The number of H-pyrrole nitrogens is 1. The van der Waals surface area contributed by atoms with E-state index in [-0.39, 0.29) is 12.4 Å². The predicted octanol–water partition coefficient (Wildman–Crippen LogP) is 6.30. The Hall–Kier alpha value is -4.03. The van der Waals surface area contributed by atoms with Crippen molar-refractivity contribution in [3.63, 3.8) is 0 Å². The predicted molar refractivity (Wildman–Crippen MR) is 135 cm³/mol. The van der Waals surface area contributed by atoms with Crippen molar-refractivity contribution < 1.29 is 14.3 Å². The van der Waals surface area contributed by atoms with Gasteiger partial charge in [-0.05, 0) is 53.6 Å². The molecule has 0 atom stereocenters. The van der Waals surface area contributed by atoms with Crippen LogP contribution in [0.25, 0.3) is 33.5 Å². The van der Waals surface area contributed by atoms with E-state index < -0.39 is 5.97 Å². The van der Waals surface area contributed by atoms with E-state index in [4.69, 9.17) is 9.72 Å². The maximum Gasteiger partial charge on any atom is 0.339 e. The van der Waals surface area contributed by atoms with Gasteiger partial charge in [0.1, 0.15) is 0 Å². The highest BCUT2D eigenvalue weighted by Gasteiger charge is 2.28. The third-order valence-corrected chi connectivity index (χ3v) is 7.05. The molecule has 5 aromatic rings. The van der Waals surface area contributed by atoms with Crippen molar-refractivity contribution in [3.8, 4) is 0 Å². The summed E-state index contributed by atoms with van der Waals surface area (Å²) in [6.07, 6.45) is 5.34. The number of Topliss-reactive ketones (excluding diaryl/α,β-unsaturated/α-hetero) is 1. The Morgan fingerprint density at radius 3 is 2.68 bits per heavy atom. The number of nitrogens with zero attached hydrogens (tertiary/aromatic N) is 1. The monoisotopic (exact) mass is 464 g/mol. The Balaban J connectivity index is 1.34. The summed E-state index contributed by atoms with van der Waals surface area (Å²) < 4.78 is 5.59. The van der Waals surface area contributed by atoms with Crippen molar-refractivity contribution in [2.24, 2.45) is 0 Å². The number of carbonyl (C=O) groups excluding carboxylic acids is 2. The Kier molecular flexibility index (Phi) is 5.08. The summed E-state index contributed by atoms with van der Waals surface area (Å²) in [5.41, 5.74) is 5.52. The number of pyridine rings is 1. The second kappa shape index (κ2) is 8.39. The van der Waals surface area contributed by atoms with Gasteiger partial charge in [0.15, 0.2) is 6.61 Å². The Morgan fingerprint density at radius 1 is 1.00 bits per heavy atom. The van der Waals surface area contributed by atoms with E-state index >= 15 is 0 Å². The van der Waals surface area contributed by atoms with Crippen LogP contribution in [0.1, 0.15) is 43.3 Å². The van der Waals surface area contributed by atoms with E-state index in [9.17, 15) is 9.59 Å². The van der Waals surface area contributed by atoms with Crippen LogP contribution in [0, 0.1) is 0 Å². The lowest BCUT2D eigenvalue weighted by Gasteiger charge is -2.12. The first kappa shape index (κ1) is 20.6. The molecule has 0 amide bonds. The van der Waals surface area contributed by atoms with Gasteiger partial charge in [0.25, 0.3) is 0 Å². The molecule has 166 valence electrons. The van der Waals surface area contributed by atoms with Crippen molar-refractivity contribution in [2.75, 3.05) is 6.61 Å². The van der Waals surface area contributed by atoms with Crippen molar-refractivity contribution in [1.82, 2.24) is 9.97 Å². The molecule has 0 unspecified atom stereocenters. The lowest BCUT2D eigenvalue weighted by Crippen LogP contribution is -2.16. The molecule has 0 aliphatic heterocycles. The highest BCUT2D eigenvalue weighted by atomic mass is 32.1. The van der Waals surface area contributed by atoms with E-state index in [0.29, 0.717) is 17.5 Å². The summed E-state index contributed by atoms with van der Waals surface area (Å²) >= 11 is 1.67. The van der Waals surface area contributed by atoms with Crippen LogP contribution in [0.2, 0.25) is 0 Å². The van der Waals surface area contributed by atoms with Crippen molar-refractivity contribution in [1.29, 1.82) is 0 Å². The third-order valence-electron chi connectivity index (χ3n) is 6.23. The fraction of sp³-hybridized carbons (Fsp3) is 0.107. The highest BCUT2D eigenvalue weighted by Crippen LogP contribution is 2.38. The Morgan fingerprint density at radius 2 is 1.82 bits per heavy atom. The van der Waals surface area contributed by atoms with Gasteiger partial charge >= 0.3 is 5.97 Å². The number of esters is 1. The van der Waals surface area contributed by atoms with Gasteiger partial charge in [-0.2, -0.15) is 0 Å². The molecule has 34 heavy (non-hydrogen) atoms. The van der Waals surface area contributed by atoms with Crippen LogP contribution in [-0.2, 0) is 11.2 Å². The van der Waals surface area contributed by atoms with Gasteiger partial charge in [0, 0.05) is 32.9 Å². The van der Waals surface area contributed by atoms with Crippen molar-refractivity contribution >= 4 is 56.5 Å². The van der Waals surface area contributed by atoms with Gasteiger partial charge < -0.3 is 9.72 Å². The first-order valence-electron chi connectivity index (χ1n) is 11.1. The number of thiophene rings is 1. The minimum absolute atomic E-state index is 0.237. The molecule has 6 rings (SSSR count). The zero-order valence-electron chi connectivity index (χ0n) is 18.2. The number of ketones is 1. The van der Waals surface area contributed by atoms with Crippen LogP contribution >= 0.6 is 11.3 Å². The molecule has 0 spiro atoms. The van der Waals surface area contributed by atoms with Gasteiger partial charge in [-0.25, -0.2) is 9.78 Å². The van der Waals surface area contributed by atoms with Crippen LogP contribution in [0.15, 0.2) is 72.2 Å². The number of rotatable bonds is 5. The summed E-state index contributed by atoms with van der Waals surface area (Å²) in [5.74, 6) is -0.723. The molecule has 3 aromatic heterocycles. The molecule has 6 heteroatoms. The smallest absolute Gasteiger partial charge is 0.339 e. The molecule has 5 nitrogen and oxygen atoms in total. The van der Waals surface area contributed by atoms with Gasteiger partial charge in [-0.3, -0.25) is 4.79 Å². The number of para-hydroxylation sites is 2. The number of aromatic amines is 1. The number of nitrogens with one attached hydrogen (secondary N) is 1. The first-order chi connectivity index (χ1) is 16.7. The molecule has 0 bridgehead atoms. The molecule has 2 aromatic carbocycles. The lowest BCUT2D eigenvalue weighted by molar-refractivity contribution is 0.0476. The number of allylic oxidation sites excluding steroid dienone is 1. The molecule has 0 fully saturated rings. The van der Waals surface area contributed by atoms with Crippen LogP contribution in [0.4, 0.5) is 0 Å². The van der Waals surface area contributed by atoms with Crippen molar-refractivity contribution in [2.45, 2.75) is 12.8 Å². The topological polar surface area (TPSA) is 72.1 Å². The average molecular weight is 465 g/mol. The average Bonchev–Trinajstić information content (AvgIpc) is 3.62. The summed E-state index contributed by atoms with van der Waals surface area (Å²) in [6, 6.07) is 19.3. The number of benzene rings is 2. The lowest BCUT2D eigenvalue weighted by atomic mass is 10.0. The number of fused-ring (bicyclic) bond motifs is 3. The number of hydrogen-bond acceptors (Lipinski definition) is 5. The molecular formula is C28H20N2O3S. The molecule has 1 N–H and O–H groups in total. The van der Waals surface area contributed by atoms with Crippen LogP contribution in [0.3, 0.4) is 0 Å². The Bertz CT molecular complexity index is 1600. The van der Waals surface area contributed by atoms with Crippen LogP contribution in [-0.4, -0.2) is 28.3 Å². The van der Waals surface area contributed by atoms with Gasteiger partial charge in [0.05, 0.1) is 16.8 Å². The van der Waals surface area contributed by atoms with Gasteiger partial charge in [0.2, 0.25) is 5.78 Å². The van der Waals surface area contributed by atoms with E-state index in [0.717, 1.165) is 49.9 Å². The minimum atomic E-state index is -0.486. The first-order valence-corrected chi connectivity index (χ1v) is 12.0. The molecule has 1 aliphatic rings. The third kappa shape index (κ3) is 3.53. The molecule has 3 heterocycles. The normalized spacial score (nSPS) is 14.1. The number of ether oxygens (including phenoxy) is 1. The molecule has 1 aliphatic carbocycles. The van der Waals surface area contributed by atoms with E-state index in [1.807, 2.05) is 60.0 Å². The zero-order chi connectivity index (χ0) is 23.1. The number of carbonyl (C=O) groups is 2. The zero-order valence-corrected chi connectivity index (χ0v) is 19.0. The van der Waals surface area contributed by atoms with Gasteiger partial charge in [-0.15, -0.1) is 11.3 Å². The standard InChI is InChI=1S/C28H20N2O3S/c31-25(22-15-29-23-9-3-1-7-19(22)23)16-33-28(32)26-20-8-2-4-10-24(20)30-27-17(11-12-21(26)27)14-18-6-5-13-34-18/h1-10,13-15,29H,11-12,16H2/b17-14-. The number of aromatic nitrogens is 2.